The van der Waals surface area contributed by atoms with Crippen LogP contribution in [0, 0.1) is 0 Å². The lowest BCUT2D eigenvalue weighted by Gasteiger charge is -2.18. The molecule has 19 heavy (non-hydrogen) atoms. The number of methoxy groups -OCH3 is 1. The maximum Gasteiger partial charge on any atom is 0.333 e. The highest BCUT2D eigenvalue weighted by atomic mass is 32.2. The molecule has 0 aliphatic carbocycles. The third-order valence-corrected chi connectivity index (χ3v) is 3.81. The zero-order valence-corrected chi connectivity index (χ0v) is 13.1. The summed E-state index contributed by atoms with van der Waals surface area (Å²) in [5.74, 6) is 0.513. The van der Waals surface area contributed by atoms with Crippen LogP contribution in [0.25, 0.3) is 0 Å². The molecule has 0 aromatic heterocycles. The van der Waals surface area contributed by atoms with E-state index in [1.165, 1.54) is 17.6 Å². The number of carbonyl (C=O) groups excluding carboxylic acids is 1. The SMILES string of the molecule is COC(=O)C(C)=CCSc1ccc(C(C)(C)C)cc1. The molecule has 2 nitrogen and oxygen atoms in total. The third kappa shape index (κ3) is 5.11. The first kappa shape index (κ1) is 15.8. The van der Waals surface area contributed by atoms with Gasteiger partial charge in [-0.15, -0.1) is 11.8 Å². The van der Waals surface area contributed by atoms with E-state index in [0.717, 1.165) is 5.75 Å². The second-order valence-corrected chi connectivity index (χ2v) is 6.56. The summed E-state index contributed by atoms with van der Waals surface area (Å²) in [5.41, 5.74) is 2.17. The molecule has 0 saturated heterocycles. The lowest BCUT2D eigenvalue weighted by Crippen LogP contribution is -2.10. The van der Waals surface area contributed by atoms with Crippen molar-refractivity contribution in [2.24, 2.45) is 0 Å². The summed E-state index contributed by atoms with van der Waals surface area (Å²) in [4.78, 5) is 12.4. The molecule has 0 unspecified atom stereocenters. The van der Waals surface area contributed by atoms with Gasteiger partial charge in [-0.2, -0.15) is 0 Å². The first-order valence-electron chi connectivity index (χ1n) is 6.33. The van der Waals surface area contributed by atoms with Gasteiger partial charge in [0.1, 0.15) is 0 Å². The van der Waals surface area contributed by atoms with Crippen molar-refractivity contribution in [2.75, 3.05) is 12.9 Å². The second-order valence-electron chi connectivity index (χ2n) is 5.46. The standard InChI is InChI=1S/C16H22O2S/c1-12(15(17)18-5)10-11-19-14-8-6-13(7-9-14)16(2,3)4/h6-10H,11H2,1-5H3. The van der Waals surface area contributed by atoms with Gasteiger partial charge in [0.25, 0.3) is 0 Å². The van der Waals surface area contributed by atoms with Gasteiger partial charge >= 0.3 is 5.97 Å². The van der Waals surface area contributed by atoms with Gasteiger partial charge < -0.3 is 4.74 Å². The Morgan fingerprint density at radius 2 is 1.84 bits per heavy atom. The van der Waals surface area contributed by atoms with Crippen LogP contribution >= 0.6 is 11.8 Å². The molecule has 0 fully saturated rings. The second kappa shape index (κ2) is 6.80. The van der Waals surface area contributed by atoms with Crippen molar-refractivity contribution in [1.29, 1.82) is 0 Å². The van der Waals surface area contributed by atoms with E-state index in [0.29, 0.717) is 5.57 Å². The van der Waals surface area contributed by atoms with Crippen LogP contribution in [0.1, 0.15) is 33.3 Å². The highest BCUT2D eigenvalue weighted by Gasteiger charge is 2.12. The van der Waals surface area contributed by atoms with Crippen molar-refractivity contribution < 1.29 is 9.53 Å². The van der Waals surface area contributed by atoms with E-state index in [1.54, 1.807) is 18.7 Å². The van der Waals surface area contributed by atoms with Crippen molar-refractivity contribution in [3.05, 3.63) is 41.5 Å². The monoisotopic (exact) mass is 278 g/mol. The van der Waals surface area contributed by atoms with E-state index in [1.807, 2.05) is 6.08 Å². The lowest BCUT2D eigenvalue weighted by molar-refractivity contribution is -0.136. The minimum atomic E-state index is -0.260. The van der Waals surface area contributed by atoms with Crippen LogP contribution in [0.4, 0.5) is 0 Å². The Morgan fingerprint density at radius 3 is 2.32 bits per heavy atom. The van der Waals surface area contributed by atoms with Crippen LogP contribution in [0.5, 0.6) is 0 Å². The number of thioether (sulfide) groups is 1. The molecule has 0 aliphatic heterocycles. The predicted octanol–water partition coefficient (Wildman–Crippen LogP) is 4.20. The number of hydrogen-bond donors (Lipinski definition) is 0. The molecule has 0 radical (unpaired) electrons. The molecule has 0 N–H and O–H groups in total. The summed E-state index contributed by atoms with van der Waals surface area (Å²) in [6.07, 6.45) is 1.90. The summed E-state index contributed by atoms with van der Waals surface area (Å²) >= 11 is 1.71. The molecule has 3 heteroatoms. The molecule has 0 aliphatic rings. The van der Waals surface area contributed by atoms with Gasteiger partial charge in [0.05, 0.1) is 7.11 Å². The van der Waals surface area contributed by atoms with Gasteiger partial charge in [0.2, 0.25) is 0 Å². The molecule has 1 rings (SSSR count). The fourth-order valence-electron chi connectivity index (χ4n) is 1.56. The van der Waals surface area contributed by atoms with Crippen molar-refractivity contribution in [3.8, 4) is 0 Å². The Kier molecular flexibility index (Phi) is 5.67. The third-order valence-electron chi connectivity index (χ3n) is 2.87. The van der Waals surface area contributed by atoms with E-state index in [2.05, 4.69) is 49.8 Å². The molecule has 0 heterocycles. The quantitative estimate of drug-likeness (QED) is 0.469. The van der Waals surface area contributed by atoms with E-state index in [-0.39, 0.29) is 11.4 Å². The van der Waals surface area contributed by atoms with Gasteiger partial charge in [-0.05, 0) is 30.0 Å². The number of carbonyl (C=O) groups is 1. The molecule has 1 aromatic carbocycles. The molecule has 1 aromatic rings. The topological polar surface area (TPSA) is 26.3 Å². The fraction of sp³-hybridized carbons (Fsp3) is 0.438. The summed E-state index contributed by atoms with van der Waals surface area (Å²) < 4.78 is 4.65. The Bertz CT molecular complexity index is 453. The first-order valence-corrected chi connectivity index (χ1v) is 7.31. The molecule has 0 saturated carbocycles. The Labute approximate surface area is 120 Å². The molecule has 0 bridgehead atoms. The first-order chi connectivity index (χ1) is 8.84. The number of esters is 1. The van der Waals surface area contributed by atoms with Crippen LogP contribution in [-0.2, 0) is 14.9 Å². The zero-order chi connectivity index (χ0) is 14.5. The van der Waals surface area contributed by atoms with Gasteiger partial charge in [-0.1, -0.05) is 39.0 Å². The summed E-state index contributed by atoms with van der Waals surface area (Å²) in [6.45, 7) is 8.39. The Hall–Kier alpha value is -1.22. The fourth-order valence-corrected chi connectivity index (χ4v) is 2.41. The van der Waals surface area contributed by atoms with E-state index in [9.17, 15) is 4.79 Å². The Balaban J connectivity index is 2.58. The smallest absolute Gasteiger partial charge is 0.333 e. The summed E-state index contributed by atoms with van der Waals surface area (Å²) in [5, 5.41) is 0. The molecular formula is C16H22O2S. The maximum absolute atomic E-state index is 11.2. The normalized spacial score (nSPS) is 12.4. The average Bonchev–Trinajstić information content (AvgIpc) is 2.37. The molecular weight excluding hydrogens is 256 g/mol. The largest absolute Gasteiger partial charge is 0.466 e. The molecule has 0 atom stereocenters. The molecule has 104 valence electrons. The zero-order valence-electron chi connectivity index (χ0n) is 12.3. The Morgan fingerprint density at radius 1 is 1.26 bits per heavy atom. The average molecular weight is 278 g/mol. The van der Waals surface area contributed by atoms with Crippen LogP contribution in [0.3, 0.4) is 0 Å². The van der Waals surface area contributed by atoms with Crippen molar-refractivity contribution in [3.63, 3.8) is 0 Å². The van der Waals surface area contributed by atoms with Crippen LogP contribution < -0.4 is 0 Å². The highest BCUT2D eigenvalue weighted by molar-refractivity contribution is 7.99. The number of benzene rings is 1. The van der Waals surface area contributed by atoms with Crippen molar-refractivity contribution in [2.45, 2.75) is 38.0 Å². The molecule has 0 amide bonds. The maximum atomic E-state index is 11.2. The molecule has 0 spiro atoms. The number of hydrogen-bond acceptors (Lipinski definition) is 3. The van der Waals surface area contributed by atoms with Crippen LogP contribution in [0.15, 0.2) is 40.8 Å². The number of ether oxygens (including phenoxy) is 1. The van der Waals surface area contributed by atoms with Crippen LogP contribution in [0.2, 0.25) is 0 Å². The number of rotatable bonds is 4. The highest BCUT2D eigenvalue weighted by Crippen LogP contribution is 2.25. The van der Waals surface area contributed by atoms with E-state index >= 15 is 0 Å². The van der Waals surface area contributed by atoms with E-state index < -0.39 is 0 Å². The minimum Gasteiger partial charge on any atom is -0.466 e. The van der Waals surface area contributed by atoms with Crippen molar-refractivity contribution >= 4 is 17.7 Å². The lowest BCUT2D eigenvalue weighted by atomic mass is 9.87. The van der Waals surface area contributed by atoms with E-state index in [4.69, 9.17) is 0 Å². The predicted molar refractivity (Wildman–Crippen MR) is 81.6 cm³/mol. The summed E-state index contributed by atoms with van der Waals surface area (Å²) in [7, 11) is 1.40. The minimum absolute atomic E-state index is 0.185. The van der Waals surface area contributed by atoms with Gasteiger partial charge in [-0.25, -0.2) is 4.79 Å². The van der Waals surface area contributed by atoms with Gasteiger partial charge in [0.15, 0.2) is 0 Å². The van der Waals surface area contributed by atoms with Gasteiger partial charge in [-0.3, -0.25) is 0 Å². The van der Waals surface area contributed by atoms with Crippen molar-refractivity contribution in [1.82, 2.24) is 0 Å². The van der Waals surface area contributed by atoms with Crippen LogP contribution in [-0.4, -0.2) is 18.8 Å². The van der Waals surface area contributed by atoms with Gasteiger partial charge in [0, 0.05) is 16.2 Å². The summed E-state index contributed by atoms with van der Waals surface area (Å²) in [6, 6.07) is 8.59.